The molecule has 0 amide bonds. The molecule has 0 saturated heterocycles. The third-order valence-corrected chi connectivity index (χ3v) is 7.10. The van der Waals surface area contributed by atoms with E-state index in [0.29, 0.717) is 0 Å². The standard InChI is InChI=1S/C9H7Br3O5S/c10-9(11,12)18(15,16)7-3-1-2-6(4-7)17-5-8(13)14/h1-4H,5H2,(H,13,14). The van der Waals surface area contributed by atoms with Crippen LogP contribution in [0.15, 0.2) is 29.2 Å². The number of carboxylic acid groups (broad SMARTS) is 1. The SMILES string of the molecule is O=C(O)COc1cccc(S(=O)(=O)C(Br)(Br)Br)c1. The maximum Gasteiger partial charge on any atom is 0.341 e. The van der Waals surface area contributed by atoms with E-state index in [1.165, 1.54) is 24.3 Å². The van der Waals surface area contributed by atoms with E-state index in [-0.39, 0.29) is 10.6 Å². The first-order valence-corrected chi connectivity index (χ1v) is 8.27. The fraction of sp³-hybridized carbons (Fsp3) is 0.222. The Labute approximate surface area is 129 Å². The molecule has 9 heteroatoms. The molecule has 0 unspecified atom stereocenters. The molecule has 0 aliphatic heterocycles. The van der Waals surface area contributed by atoms with Gasteiger partial charge in [0.1, 0.15) is 5.75 Å². The Balaban J connectivity index is 3.06. The summed E-state index contributed by atoms with van der Waals surface area (Å²) in [5.74, 6) is -0.977. The van der Waals surface area contributed by atoms with Crippen molar-refractivity contribution < 1.29 is 23.1 Å². The van der Waals surface area contributed by atoms with E-state index in [9.17, 15) is 13.2 Å². The summed E-state index contributed by atoms with van der Waals surface area (Å²) < 4.78 is 27.5. The van der Waals surface area contributed by atoms with Crippen molar-refractivity contribution in [3.05, 3.63) is 24.3 Å². The van der Waals surface area contributed by atoms with Crippen LogP contribution in [0.3, 0.4) is 0 Å². The molecule has 0 atom stereocenters. The van der Waals surface area contributed by atoms with E-state index in [1.807, 2.05) is 0 Å². The Hall–Kier alpha value is -0.120. The highest BCUT2D eigenvalue weighted by atomic mass is 80.0. The summed E-state index contributed by atoms with van der Waals surface area (Å²) in [4.78, 5) is 10.3. The molecule has 100 valence electrons. The summed E-state index contributed by atoms with van der Waals surface area (Å²) in [6, 6.07) is 5.56. The topological polar surface area (TPSA) is 80.7 Å². The molecule has 0 bridgehead atoms. The van der Waals surface area contributed by atoms with Crippen LogP contribution in [0, 0.1) is 0 Å². The minimum Gasteiger partial charge on any atom is -0.482 e. The van der Waals surface area contributed by atoms with Crippen LogP contribution in [0.5, 0.6) is 5.75 Å². The molecule has 0 aliphatic rings. The van der Waals surface area contributed by atoms with Crippen molar-refractivity contribution in [2.45, 2.75) is 6.37 Å². The smallest absolute Gasteiger partial charge is 0.341 e. The Kier molecular flexibility index (Phi) is 5.22. The number of ether oxygens (including phenoxy) is 1. The van der Waals surface area contributed by atoms with Gasteiger partial charge in [0.25, 0.3) is 0 Å². The normalized spacial score (nSPS) is 12.2. The molecule has 1 N–H and O–H groups in total. The molecule has 0 radical (unpaired) electrons. The molecule has 1 rings (SSSR count). The molecular weight excluding hydrogens is 460 g/mol. The number of hydrogen-bond donors (Lipinski definition) is 1. The summed E-state index contributed by atoms with van der Waals surface area (Å²) in [5, 5.41) is 8.47. The lowest BCUT2D eigenvalue weighted by Gasteiger charge is -2.14. The van der Waals surface area contributed by atoms with E-state index >= 15 is 0 Å². The third kappa shape index (κ3) is 3.94. The quantitative estimate of drug-likeness (QED) is 0.690. The fourth-order valence-electron chi connectivity index (χ4n) is 1.01. The maximum atomic E-state index is 12.0. The second-order valence-corrected chi connectivity index (χ2v) is 13.5. The van der Waals surface area contributed by atoms with Gasteiger partial charge in [-0.3, -0.25) is 0 Å². The molecule has 0 aliphatic carbocycles. The molecule has 1 aromatic rings. The minimum absolute atomic E-state index is 0.0176. The maximum absolute atomic E-state index is 12.0. The zero-order chi connectivity index (χ0) is 14.0. The van der Waals surface area contributed by atoms with Crippen molar-refractivity contribution >= 4 is 63.6 Å². The van der Waals surface area contributed by atoms with Crippen molar-refractivity contribution in [2.75, 3.05) is 6.61 Å². The summed E-state index contributed by atoms with van der Waals surface area (Å²) in [6.45, 7) is -0.536. The van der Waals surface area contributed by atoms with E-state index in [1.54, 1.807) is 0 Å². The largest absolute Gasteiger partial charge is 0.482 e. The number of carbonyl (C=O) groups is 1. The van der Waals surface area contributed by atoms with E-state index < -0.39 is 23.9 Å². The van der Waals surface area contributed by atoms with Crippen LogP contribution in [0.4, 0.5) is 0 Å². The van der Waals surface area contributed by atoms with E-state index in [2.05, 4.69) is 47.8 Å². The Morgan fingerprint density at radius 1 is 1.33 bits per heavy atom. The average Bonchev–Trinajstić information content (AvgIpc) is 2.25. The van der Waals surface area contributed by atoms with Crippen LogP contribution in [-0.2, 0) is 14.6 Å². The summed E-state index contributed by atoms with van der Waals surface area (Å²) >= 11 is 8.80. The summed E-state index contributed by atoms with van der Waals surface area (Å²) in [7, 11) is -3.71. The first-order valence-electron chi connectivity index (χ1n) is 4.40. The van der Waals surface area contributed by atoms with Crippen LogP contribution in [0.25, 0.3) is 0 Å². The third-order valence-electron chi connectivity index (χ3n) is 1.78. The zero-order valence-corrected chi connectivity index (χ0v) is 14.2. The number of benzene rings is 1. The summed E-state index contributed by atoms with van der Waals surface area (Å²) in [6.07, 6.45) is 0. The molecule has 0 spiro atoms. The molecule has 0 fully saturated rings. The van der Waals surface area contributed by atoms with Crippen LogP contribution in [-0.4, -0.2) is 27.6 Å². The van der Waals surface area contributed by atoms with Crippen LogP contribution >= 0.6 is 47.8 Å². The first-order chi connectivity index (χ1) is 8.14. The predicted octanol–water partition coefficient (Wildman–Crippen LogP) is 2.72. The second kappa shape index (κ2) is 5.89. The van der Waals surface area contributed by atoms with Crippen molar-refractivity contribution in [3.8, 4) is 5.75 Å². The molecule has 0 heterocycles. The van der Waals surface area contributed by atoms with Crippen LogP contribution in [0.1, 0.15) is 0 Å². The highest BCUT2D eigenvalue weighted by Crippen LogP contribution is 2.43. The lowest BCUT2D eigenvalue weighted by atomic mass is 10.3. The van der Waals surface area contributed by atoms with Gasteiger partial charge in [-0.25, -0.2) is 13.2 Å². The van der Waals surface area contributed by atoms with Crippen molar-refractivity contribution in [1.29, 1.82) is 0 Å². The summed E-state index contributed by atoms with van der Waals surface area (Å²) in [5.41, 5.74) is 0. The van der Waals surface area contributed by atoms with E-state index in [4.69, 9.17) is 9.84 Å². The van der Waals surface area contributed by atoms with Gasteiger partial charge in [0.05, 0.1) is 4.90 Å². The number of halogens is 3. The predicted molar refractivity (Wildman–Crippen MR) is 76.3 cm³/mol. The van der Waals surface area contributed by atoms with Crippen molar-refractivity contribution in [1.82, 2.24) is 0 Å². The molecule has 1 aromatic carbocycles. The van der Waals surface area contributed by atoms with Gasteiger partial charge in [-0.15, -0.1) is 0 Å². The van der Waals surface area contributed by atoms with Crippen LogP contribution < -0.4 is 4.74 Å². The van der Waals surface area contributed by atoms with Crippen molar-refractivity contribution in [3.63, 3.8) is 0 Å². The highest BCUT2D eigenvalue weighted by Gasteiger charge is 2.37. The lowest BCUT2D eigenvalue weighted by Crippen LogP contribution is -2.18. The van der Waals surface area contributed by atoms with Crippen molar-refractivity contribution in [2.24, 2.45) is 0 Å². The Morgan fingerprint density at radius 2 is 1.94 bits per heavy atom. The van der Waals surface area contributed by atoms with Gasteiger partial charge in [-0.2, -0.15) is 0 Å². The first kappa shape index (κ1) is 15.9. The fourth-order valence-corrected chi connectivity index (χ4v) is 3.49. The van der Waals surface area contributed by atoms with Crippen LogP contribution in [0.2, 0.25) is 0 Å². The number of sulfone groups is 1. The van der Waals surface area contributed by atoms with Gasteiger partial charge in [0, 0.05) is 0 Å². The van der Waals surface area contributed by atoms with Gasteiger partial charge >= 0.3 is 5.97 Å². The molecule has 0 saturated carbocycles. The minimum atomic E-state index is -3.71. The number of alkyl halides is 3. The van der Waals surface area contributed by atoms with Gasteiger partial charge in [-0.1, -0.05) is 6.07 Å². The average molecular weight is 467 g/mol. The molecular formula is C9H7Br3O5S. The molecule has 18 heavy (non-hydrogen) atoms. The van der Waals surface area contributed by atoms with E-state index in [0.717, 1.165) is 0 Å². The van der Waals surface area contributed by atoms with Gasteiger partial charge < -0.3 is 9.84 Å². The van der Waals surface area contributed by atoms with Gasteiger partial charge in [0.2, 0.25) is 11.3 Å². The molecule has 0 aromatic heterocycles. The van der Waals surface area contributed by atoms with Gasteiger partial charge in [0.15, 0.2) is 6.61 Å². The Morgan fingerprint density at radius 3 is 2.44 bits per heavy atom. The molecule has 5 nitrogen and oxygen atoms in total. The number of hydrogen-bond acceptors (Lipinski definition) is 4. The monoisotopic (exact) mass is 464 g/mol. The number of aliphatic carboxylic acids is 1. The zero-order valence-electron chi connectivity index (χ0n) is 8.64. The van der Waals surface area contributed by atoms with Gasteiger partial charge in [-0.05, 0) is 66.0 Å². The number of rotatable bonds is 4. The lowest BCUT2D eigenvalue weighted by molar-refractivity contribution is -0.139. The highest BCUT2D eigenvalue weighted by molar-refractivity contribution is 9.42. The number of carboxylic acids is 1. The second-order valence-electron chi connectivity index (χ2n) is 3.11. The Bertz CT molecular complexity index is 550.